The maximum atomic E-state index is 13.4. The van der Waals surface area contributed by atoms with Crippen molar-refractivity contribution in [1.82, 2.24) is 20.2 Å². The molecular weight excluding hydrogens is 433 g/mol. The van der Waals surface area contributed by atoms with Gasteiger partial charge in [0.15, 0.2) is 0 Å². The smallest absolute Gasteiger partial charge is 0.318 e. The van der Waals surface area contributed by atoms with E-state index in [1.807, 2.05) is 0 Å². The third-order valence-corrected chi connectivity index (χ3v) is 6.04. The van der Waals surface area contributed by atoms with Gasteiger partial charge in [-0.3, -0.25) is 0 Å². The third-order valence-electron chi connectivity index (χ3n) is 5.76. The van der Waals surface area contributed by atoms with Crippen LogP contribution in [-0.4, -0.2) is 45.1 Å². The number of fused-ring (bicyclic) bond motifs is 1. The minimum absolute atomic E-state index is 0.0921. The molecule has 1 aromatic carbocycles. The van der Waals surface area contributed by atoms with Gasteiger partial charge in [0.05, 0.1) is 29.9 Å². The Balaban J connectivity index is 1.40. The number of rotatable bonds is 5. The number of aliphatic hydroxyl groups excluding tert-OH is 1. The van der Waals surface area contributed by atoms with Crippen molar-refractivity contribution < 1.29 is 23.1 Å². The Labute approximate surface area is 182 Å². The van der Waals surface area contributed by atoms with Gasteiger partial charge >= 0.3 is 6.03 Å². The third kappa shape index (κ3) is 4.93. The molecule has 10 heteroatoms. The number of alkyl halides is 2. The molecule has 166 valence electrons. The van der Waals surface area contributed by atoms with Crippen molar-refractivity contribution in [2.24, 2.45) is 5.92 Å². The molecule has 0 saturated heterocycles. The lowest BCUT2D eigenvalue weighted by atomic mass is 9.79. The van der Waals surface area contributed by atoms with Crippen LogP contribution in [0.1, 0.15) is 41.5 Å². The van der Waals surface area contributed by atoms with Crippen molar-refractivity contribution in [2.45, 2.75) is 44.2 Å². The molecule has 31 heavy (non-hydrogen) atoms. The van der Waals surface area contributed by atoms with Crippen LogP contribution in [0, 0.1) is 11.7 Å². The van der Waals surface area contributed by atoms with Gasteiger partial charge in [-0.1, -0.05) is 17.7 Å². The van der Waals surface area contributed by atoms with Crippen LogP contribution in [0.5, 0.6) is 0 Å². The summed E-state index contributed by atoms with van der Waals surface area (Å²) >= 11 is 5.80. The van der Waals surface area contributed by atoms with Gasteiger partial charge in [0, 0.05) is 32.0 Å². The summed E-state index contributed by atoms with van der Waals surface area (Å²) in [6.45, 7) is 0.314. The number of urea groups is 1. The Hall–Kier alpha value is -2.39. The summed E-state index contributed by atoms with van der Waals surface area (Å²) in [5.41, 5.74) is 2.11. The van der Waals surface area contributed by atoms with Crippen molar-refractivity contribution >= 4 is 17.6 Å². The SMILES string of the molecule is O=C(N[C@H](CO)c1ccc(F)c(Cl)c1)N1CCc2cnc(CC3CC(F)(F)C3)nc2C1. The van der Waals surface area contributed by atoms with Crippen molar-refractivity contribution in [3.05, 3.63) is 57.9 Å². The largest absolute Gasteiger partial charge is 0.394 e. The average molecular weight is 455 g/mol. The number of carbonyl (C=O) groups excluding carboxylic acids is 1. The molecule has 2 aliphatic rings. The van der Waals surface area contributed by atoms with Crippen LogP contribution in [0.3, 0.4) is 0 Å². The van der Waals surface area contributed by atoms with Crippen LogP contribution in [-0.2, 0) is 19.4 Å². The highest BCUT2D eigenvalue weighted by molar-refractivity contribution is 6.30. The van der Waals surface area contributed by atoms with E-state index in [2.05, 4.69) is 15.3 Å². The highest BCUT2D eigenvalue weighted by Crippen LogP contribution is 2.43. The van der Waals surface area contributed by atoms with Crippen LogP contribution >= 0.6 is 11.6 Å². The van der Waals surface area contributed by atoms with E-state index in [9.17, 15) is 23.1 Å². The van der Waals surface area contributed by atoms with E-state index < -0.39 is 23.8 Å². The quantitative estimate of drug-likeness (QED) is 0.722. The van der Waals surface area contributed by atoms with E-state index in [0.29, 0.717) is 36.5 Å². The molecule has 1 aliphatic heterocycles. The summed E-state index contributed by atoms with van der Waals surface area (Å²) in [4.78, 5) is 23.1. The van der Waals surface area contributed by atoms with Gasteiger partial charge in [-0.15, -0.1) is 0 Å². The Morgan fingerprint density at radius 3 is 2.84 bits per heavy atom. The maximum Gasteiger partial charge on any atom is 0.318 e. The van der Waals surface area contributed by atoms with E-state index in [1.54, 1.807) is 11.1 Å². The number of carbonyl (C=O) groups is 1. The van der Waals surface area contributed by atoms with Crippen LogP contribution in [0.4, 0.5) is 18.0 Å². The van der Waals surface area contributed by atoms with Crippen molar-refractivity contribution in [3.63, 3.8) is 0 Å². The van der Waals surface area contributed by atoms with Crippen molar-refractivity contribution in [1.29, 1.82) is 0 Å². The van der Waals surface area contributed by atoms with Gasteiger partial charge in [-0.25, -0.2) is 27.9 Å². The second kappa shape index (κ2) is 8.63. The molecule has 0 radical (unpaired) electrons. The molecule has 0 unspecified atom stereocenters. The fourth-order valence-electron chi connectivity index (χ4n) is 4.01. The first-order chi connectivity index (χ1) is 14.7. The van der Waals surface area contributed by atoms with E-state index in [0.717, 1.165) is 5.56 Å². The highest BCUT2D eigenvalue weighted by Gasteiger charge is 2.45. The standard InChI is InChI=1S/C21H22ClF3N4O2/c22-15-6-13(1-2-16(15)23)18(11-30)28-20(31)29-4-3-14-9-26-19(27-17(14)10-29)5-12-7-21(24,25)8-12/h1-2,6,9,12,18,30H,3-5,7-8,10-11H2,(H,28,31)/t18-/m1/s1. The first-order valence-electron chi connectivity index (χ1n) is 10.1. The summed E-state index contributed by atoms with van der Waals surface area (Å²) in [6, 6.07) is 2.86. The Bertz CT molecular complexity index is 983. The van der Waals surface area contributed by atoms with Crippen LogP contribution < -0.4 is 5.32 Å². The molecule has 1 fully saturated rings. The molecule has 1 aromatic heterocycles. The van der Waals surface area contributed by atoms with Crippen molar-refractivity contribution in [2.75, 3.05) is 13.2 Å². The fourth-order valence-corrected chi connectivity index (χ4v) is 4.20. The molecule has 2 heterocycles. The monoisotopic (exact) mass is 454 g/mol. The zero-order valence-electron chi connectivity index (χ0n) is 16.6. The minimum atomic E-state index is -2.58. The van der Waals surface area contributed by atoms with Gasteiger partial charge in [0.2, 0.25) is 5.92 Å². The number of aliphatic hydroxyl groups is 1. The lowest BCUT2D eigenvalue weighted by Crippen LogP contribution is -2.45. The molecule has 0 bridgehead atoms. The lowest BCUT2D eigenvalue weighted by molar-refractivity contribution is -0.110. The highest BCUT2D eigenvalue weighted by atomic mass is 35.5. The number of benzene rings is 1. The molecule has 2 N–H and O–H groups in total. The summed E-state index contributed by atoms with van der Waals surface area (Å²) in [7, 11) is 0. The fraction of sp³-hybridized carbons (Fsp3) is 0.476. The molecular formula is C21H22ClF3N4O2. The molecule has 1 saturated carbocycles. The summed E-state index contributed by atoms with van der Waals surface area (Å²) in [5.74, 6) is -2.77. The normalized spacial score (nSPS) is 18.8. The molecule has 1 aliphatic carbocycles. The lowest BCUT2D eigenvalue weighted by Gasteiger charge is -2.34. The molecule has 2 amide bonds. The minimum Gasteiger partial charge on any atom is -0.394 e. The van der Waals surface area contributed by atoms with Gasteiger partial charge in [-0.05, 0) is 35.6 Å². The zero-order valence-corrected chi connectivity index (χ0v) is 17.4. The van der Waals surface area contributed by atoms with Crippen LogP contribution in [0.2, 0.25) is 5.02 Å². The summed E-state index contributed by atoms with van der Waals surface area (Å²) in [5, 5.41) is 12.3. The summed E-state index contributed by atoms with van der Waals surface area (Å²) in [6.07, 6.45) is 2.39. The number of aromatic nitrogens is 2. The average Bonchev–Trinajstić information content (AvgIpc) is 2.72. The molecule has 1 atom stereocenters. The Morgan fingerprint density at radius 1 is 1.39 bits per heavy atom. The number of amides is 2. The van der Waals surface area contributed by atoms with Crippen LogP contribution in [0.15, 0.2) is 24.4 Å². The van der Waals surface area contributed by atoms with E-state index in [1.165, 1.54) is 18.2 Å². The predicted molar refractivity (Wildman–Crippen MR) is 107 cm³/mol. The molecule has 2 aromatic rings. The van der Waals surface area contributed by atoms with Gasteiger partial charge in [0.25, 0.3) is 0 Å². The van der Waals surface area contributed by atoms with E-state index in [4.69, 9.17) is 11.6 Å². The maximum absolute atomic E-state index is 13.4. The second-order valence-electron chi connectivity index (χ2n) is 8.12. The predicted octanol–water partition coefficient (Wildman–Crippen LogP) is 3.66. The molecule has 6 nitrogen and oxygen atoms in total. The number of nitrogens with one attached hydrogen (secondary N) is 1. The molecule has 0 spiro atoms. The van der Waals surface area contributed by atoms with Crippen LogP contribution in [0.25, 0.3) is 0 Å². The Morgan fingerprint density at radius 2 is 2.16 bits per heavy atom. The zero-order chi connectivity index (χ0) is 22.2. The second-order valence-corrected chi connectivity index (χ2v) is 8.53. The number of hydrogen-bond acceptors (Lipinski definition) is 4. The first-order valence-corrected chi connectivity index (χ1v) is 10.4. The summed E-state index contributed by atoms with van der Waals surface area (Å²) < 4.78 is 39.5. The topological polar surface area (TPSA) is 78.4 Å². The van der Waals surface area contributed by atoms with Crippen molar-refractivity contribution in [3.8, 4) is 0 Å². The van der Waals surface area contributed by atoms with Gasteiger partial charge in [0.1, 0.15) is 11.6 Å². The van der Waals surface area contributed by atoms with Gasteiger partial charge in [-0.2, -0.15) is 0 Å². The number of halogens is 4. The Kier molecular flexibility index (Phi) is 6.07. The molecule has 4 rings (SSSR count). The first kappa shape index (κ1) is 21.8. The number of nitrogens with zero attached hydrogens (tertiary/aromatic N) is 3. The van der Waals surface area contributed by atoms with E-state index in [-0.39, 0.29) is 36.9 Å². The van der Waals surface area contributed by atoms with E-state index >= 15 is 0 Å². The van der Waals surface area contributed by atoms with Gasteiger partial charge < -0.3 is 15.3 Å². The number of hydrogen-bond donors (Lipinski definition) is 2.